The second kappa shape index (κ2) is 4.11. The molecule has 92 valence electrons. The zero-order valence-electron chi connectivity index (χ0n) is 9.79. The van der Waals surface area contributed by atoms with Crippen LogP contribution in [0.15, 0.2) is 12.1 Å². The summed E-state index contributed by atoms with van der Waals surface area (Å²) in [6, 6.07) is 2.90. The molecule has 1 aromatic rings. The zero-order chi connectivity index (χ0) is 12.6. The highest BCUT2D eigenvalue weighted by Crippen LogP contribution is 2.37. The van der Waals surface area contributed by atoms with Gasteiger partial charge in [0.05, 0.1) is 5.56 Å². The van der Waals surface area contributed by atoms with Crippen molar-refractivity contribution in [3.63, 3.8) is 0 Å². The topological polar surface area (TPSA) is 63.3 Å². The van der Waals surface area contributed by atoms with Gasteiger partial charge < -0.3 is 10.8 Å². The van der Waals surface area contributed by atoms with Crippen LogP contribution in [0.5, 0.6) is 0 Å². The molecule has 0 saturated heterocycles. The smallest absolute Gasteiger partial charge is 0.336 e. The Balaban J connectivity index is 2.52. The Morgan fingerprint density at radius 3 is 2.53 bits per heavy atom. The second-order valence-corrected chi connectivity index (χ2v) is 4.80. The highest BCUT2D eigenvalue weighted by molar-refractivity contribution is 5.89. The molecule has 1 aliphatic rings. The Hall–Kier alpha value is -1.42. The minimum absolute atomic E-state index is 0.0109. The van der Waals surface area contributed by atoms with Crippen LogP contribution in [-0.4, -0.2) is 11.1 Å². The number of rotatable bonds is 2. The number of halogens is 1. The molecule has 1 aliphatic carbocycles. The largest absolute Gasteiger partial charge is 0.478 e. The molecule has 0 spiro atoms. The molecule has 0 aliphatic heterocycles. The molecule has 17 heavy (non-hydrogen) atoms. The molecule has 1 aromatic carbocycles. The third kappa shape index (κ3) is 2.05. The maximum absolute atomic E-state index is 13.7. The summed E-state index contributed by atoms with van der Waals surface area (Å²) in [5.41, 5.74) is 6.44. The highest BCUT2D eigenvalue weighted by Gasteiger charge is 2.32. The Kier molecular flexibility index (Phi) is 2.91. The van der Waals surface area contributed by atoms with Gasteiger partial charge in [-0.2, -0.15) is 0 Å². The van der Waals surface area contributed by atoms with Crippen LogP contribution in [0.3, 0.4) is 0 Å². The van der Waals surface area contributed by atoms with Gasteiger partial charge in [-0.1, -0.05) is 12.8 Å². The Morgan fingerprint density at radius 2 is 2.00 bits per heavy atom. The van der Waals surface area contributed by atoms with E-state index < -0.39 is 17.3 Å². The van der Waals surface area contributed by atoms with Crippen molar-refractivity contribution in [3.8, 4) is 0 Å². The Morgan fingerprint density at radius 1 is 1.41 bits per heavy atom. The lowest BCUT2D eigenvalue weighted by Crippen LogP contribution is -2.33. The van der Waals surface area contributed by atoms with Crippen molar-refractivity contribution in [1.29, 1.82) is 0 Å². The van der Waals surface area contributed by atoms with Gasteiger partial charge >= 0.3 is 5.97 Å². The lowest BCUT2D eigenvalue weighted by atomic mass is 9.87. The number of carboxylic acids is 1. The molecular formula is C13H16FNO2. The summed E-state index contributed by atoms with van der Waals surface area (Å²) in [4.78, 5) is 11.0. The average Bonchev–Trinajstić information content (AvgIpc) is 2.69. The summed E-state index contributed by atoms with van der Waals surface area (Å²) in [5.74, 6) is -1.60. The van der Waals surface area contributed by atoms with Gasteiger partial charge in [-0.05, 0) is 43.0 Å². The van der Waals surface area contributed by atoms with Gasteiger partial charge in [-0.3, -0.25) is 0 Å². The fraction of sp³-hybridized carbons (Fsp3) is 0.462. The first-order valence-electron chi connectivity index (χ1n) is 5.77. The Bertz CT molecular complexity index is 465. The Labute approximate surface area is 99.4 Å². The SMILES string of the molecule is Cc1c(F)cc(C2(N)CCCC2)cc1C(=O)O. The van der Waals surface area contributed by atoms with Crippen LogP contribution in [0.4, 0.5) is 4.39 Å². The molecule has 3 N–H and O–H groups in total. The number of carboxylic acid groups (broad SMARTS) is 1. The third-order valence-electron chi connectivity index (χ3n) is 3.65. The van der Waals surface area contributed by atoms with Crippen LogP contribution >= 0.6 is 0 Å². The minimum atomic E-state index is -1.11. The first kappa shape index (κ1) is 12.0. The maximum Gasteiger partial charge on any atom is 0.336 e. The van der Waals surface area contributed by atoms with Crippen LogP contribution in [0, 0.1) is 12.7 Å². The fourth-order valence-electron chi connectivity index (χ4n) is 2.48. The lowest BCUT2D eigenvalue weighted by Gasteiger charge is -2.25. The van der Waals surface area contributed by atoms with Crippen molar-refractivity contribution in [2.45, 2.75) is 38.1 Å². The molecule has 2 rings (SSSR count). The van der Waals surface area contributed by atoms with Crippen LogP contribution in [0.1, 0.15) is 47.2 Å². The summed E-state index contributed by atoms with van der Waals surface area (Å²) < 4.78 is 13.7. The summed E-state index contributed by atoms with van der Waals surface area (Å²) in [6.45, 7) is 1.47. The predicted octanol–water partition coefficient (Wildman–Crippen LogP) is 2.56. The molecular weight excluding hydrogens is 221 g/mol. The number of carbonyl (C=O) groups is 1. The van der Waals surface area contributed by atoms with Crippen molar-refractivity contribution in [3.05, 3.63) is 34.6 Å². The number of hydrogen-bond donors (Lipinski definition) is 2. The van der Waals surface area contributed by atoms with Gasteiger partial charge in [0, 0.05) is 5.54 Å². The normalized spacial score (nSPS) is 18.3. The van der Waals surface area contributed by atoms with Crippen molar-refractivity contribution in [1.82, 2.24) is 0 Å². The van der Waals surface area contributed by atoms with E-state index in [1.165, 1.54) is 19.1 Å². The third-order valence-corrected chi connectivity index (χ3v) is 3.65. The van der Waals surface area contributed by atoms with E-state index in [0.29, 0.717) is 5.56 Å². The first-order valence-corrected chi connectivity index (χ1v) is 5.77. The van der Waals surface area contributed by atoms with Crippen LogP contribution in [-0.2, 0) is 5.54 Å². The number of aromatic carboxylic acids is 1. The molecule has 4 heteroatoms. The summed E-state index contributed by atoms with van der Waals surface area (Å²) in [7, 11) is 0. The van der Waals surface area contributed by atoms with Gasteiger partial charge in [-0.25, -0.2) is 9.18 Å². The number of hydrogen-bond acceptors (Lipinski definition) is 2. The summed E-state index contributed by atoms with van der Waals surface area (Å²) in [6.07, 6.45) is 3.59. The standard InChI is InChI=1S/C13H16FNO2/c1-8-10(12(16)17)6-9(7-11(8)14)13(15)4-2-3-5-13/h6-7H,2-5,15H2,1H3,(H,16,17). The van der Waals surface area contributed by atoms with Crippen molar-refractivity contribution >= 4 is 5.97 Å². The molecule has 0 amide bonds. The van der Waals surface area contributed by atoms with Crippen molar-refractivity contribution in [2.75, 3.05) is 0 Å². The van der Waals surface area contributed by atoms with Gasteiger partial charge in [0.25, 0.3) is 0 Å². The molecule has 0 aromatic heterocycles. The van der Waals surface area contributed by atoms with Gasteiger partial charge in [0.15, 0.2) is 0 Å². The predicted molar refractivity (Wildman–Crippen MR) is 62.4 cm³/mol. The van der Waals surface area contributed by atoms with E-state index in [9.17, 15) is 9.18 Å². The molecule has 1 fully saturated rings. The molecule has 0 heterocycles. The molecule has 0 radical (unpaired) electrons. The lowest BCUT2D eigenvalue weighted by molar-refractivity contribution is 0.0695. The minimum Gasteiger partial charge on any atom is -0.478 e. The van der Waals surface area contributed by atoms with E-state index in [0.717, 1.165) is 25.7 Å². The van der Waals surface area contributed by atoms with E-state index in [1.54, 1.807) is 0 Å². The van der Waals surface area contributed by atoms with E-state index in [-0.39, 0.29) is 11.1 Å². The molecule has 0 atom stereocenters. The van der Waals surface area contributed by atoms with Gasteiger partial charge in [-0.15, -0.1) is 0 Å². The second-order valence-electron chi connectivity index (χ2n) is 4.80. The average molecular weight is 237 g/mol. The zero-order valence-corrected chi connectivity index (χ0v) is 9.79. The van der Waals surface area contributed by atoms with E-state index in [4.69, 9.17) is 10.8 Å². The summed E-state index contributed by atoms with van der Waals surface area (Å²) in [5, 5.41) is 9.03. The molecule has 1 saturated carbocycles. The van der Waals surface area contributed by atoms with Gasteiger partial charge in [0.1, 0.15) is 5.82 Å². The quantitative estimate of drug-likeness (QED) is 0.830. The summed E-state index contributed by atoms with van der Waals surface area (Å²) >= 11 is 0. The van der Waals surface area contributed by atoms with Crippen LogP contribution < -0.4 is 5.73 Å². The molecule has 3 nitrogen and oxygen atoms in total. The molecule has 0 unspecified atom stereocenters. The fourth-order valence-corrected chi connectivity index (χ4v) is 2.48. The first-order chi connectivity index (χ1) is 7.94. The number of benzene rings is 1. The maximum atomic E-state index is 13.7. The van der Waals surface area contributed by atoms with Crippen LogP contribution in [0.2, 0.25) is 0 Å². The van der Waals surface area contributed by atoms with Crippen LogP contribution in [0.25, 0.3) is 0 Å². The van der Waals surface area contributed by atoms with Gasteiger partial charge in [0.2, 0.25) is 0 Å². The number of nitrogens with two attached hydrogens (primary N) is 1. The monoisotopic (exact) mass is 237 g/mol. The molecule has 0 bridgehead atoms. The van der Waals surface area contributed by atoms with Crippen molar-refractivity contribution < 1.29 is 14.3 Å². The highest BCUT2D eigenvalue weighted by atomic mass is 19.1. The van der Waals surface area contributed by atoms with E-state index in [2.05, 4.69) is 0 Å². The van der Waals surface area contributed by atoms with E-state index in [1.807, 2.05) is 0 Å². The van der Waals surface area contributed by atoms with E-state index >= 15 is 0 Å². The van der Waals surface area contributed by atoms with Crippen molar-refractivity contribution in [2.24, 2.45) is 5.73 Å².